The second-order valence-corrected chi connectivity index (χ2v) is 7.64. The first-order valence-corrected chi connectivity index (χ1v) is 11.3. The van der Waals surface area contributed by atoms with Crippen LogP contribution in [-0.4, -0.2) is 46.7 Å². The number of pyridine rings is 1. The lowest BCUT2D eigenvalue weighted by Crippen LogP contribution is -2.05. The number of carbonyl (C=O) groups excluding carboxylic acids is 2. The van der Waals surface area contributed by atoms with Gasteiger partial charge in [0.05, 0.1) is 25.5 Å². The smallest absolute Gasteiger partial charge is 0.357 e. The highest BCUT2D eigenvalue weighted by Gasteiger charge is 2.21. The van der Waals surface area contributed by atoms with Gasteiger partial charge in [-0.3, -0.25) is 0 Å². The highest BCUT2D eigenvalue weighted by molar-refractivity contribution is 7.13. The Hall–Kier alpha value is -3.11. The maximum atomic E-state index is 12.0. The van der Waals surface area contributed by atoms with E-state index in [0.717, 1.165) is 0 Å². The van der Waals surface area contributed by atoms with Gasteiger partial charge in [-0.2, -0.15) is 0 Å². The van der Waals surface area contributed by atoms with Gasteiger partial charge in [0.2, 0.25) is 0 Å². The molecule has 3 aromatic heterocycles. The minimum Gasteiger partial charge on any atom is -0.491 e. The van der Waals surface area contributed by atoms with E-state index in [1.165, 1.54) is 22.7 Å². The van der Waals surface area contributed by atoms with Gasteiger partial charge in [-0.1, -0.05) is 6.58 Å². The van der Waals surface area contributed by atoms with Crippen molar-refractivity contribution in [1.29, 1.82) is 0 Å². The molecule has 0 unspecified atom stereocenters. The maximum Gasteiger partial charge on any atom is 0.357 e. The lowest BCUT2D eigenvalue weighted by atomic mass is 10.1. The van der Waals surface area contributed by atoms with E-state index in [1.807, 2.05) is 6.92 Å². The number of ether oxygens (including phenoxy) is 3. The van der Waals surface area contributed by atoms with Crippen molar-refractivity contribution in [2.75, 3.05) is 19.8 Å². The molecule has 0 fully saturated rings. The molecular weight excluding hydrogens is 438 g/mol. The topological polar surface area (TPSA) is 101 Å². The van der Waals surface area contributed by atoms with Crippen LogP contribution in [0.2, 0.25) is 0 Å². The molecule has 8 nitrogen and oxygen atoms in total. The van der Waals surface area contributed by atoms with Gasteiger partial charge in [0.1, 0.15) is 21.5 Å². The number of hydrogen-bond acceptors (Lipinski definition) is 10. The molecule has 10 heteroatoms. The van der Waals surface area contributed by atoms with Gasteiger partial charge in [0.15, 0.2) is 11.4 Å². The second-order valence-electron chi connectivity index (χ2n) is 5.92. The molecule has 31 heavy (non-hydrogen) atoms. The Morgan fingerprint density at radius 1 is 0.935 bits per heavy atom. The number of rotatable bonds is 9. The van der Waals surface area contributed by atoms with Crippen LogP contribution >= 0.6 is 22.7 Å². The Bertz CT molecular complexity index is 1110. The molecular formula is C21H21N3O5S2. The molecule has 0 radical (unpaired) electrons. The first kappa shape index (κ1) is 22.6. The third-order valence-corrected chi connectivity index (χ3v) is 5.65. The van der Waals surface area contributed by atoms with Crippen LogP contribution in [0.15, 0.2) is 23.4 Å². The summed E-state index contributed by atoms with van der Waals surface area (Å²) in [5.74, 6) is -0.479. The molecule has 0 aliphatic rings. The fourth-order valence-corrected chi connectivity index (χ4v) is 4.23. The molecule has 0 spiro atoms. The lowest BCUT2D eigenvalue weighted by Gasteiger charge is -2.11. The second kappa shape index (κ2) is 10.3. The van der Waals surface area contributed by atoms with Crippen molar-refractivity contribution in [3.8, 4) is 27.0 Å². The first-order chi connectivity index (χ1) is 15.0. The van der Waals surface area contributed by atoms with Gasteiger partial charge in [-0.05, 0) is 32.9 Å². The number of thiazole rings is 2. The molecule has 0 aromatic carbocycles. The van der Waals surface area contributed by atoms with Gasteiger partial charge in [0, 0.05) is 16.3 Å². The van der Waals surface area contributed by atoms with Crippen molar-refractivity contribution in [3.05, 3.63) is 40.5 Å². The van der Waals surface area contributed by atoms with Crippen LogP contribution in [0.25, 0.3) is 27.3 Å². The van der Waals surface area contributed by atoms with Crippen molar-refractivity contribution >= 4 is 40.7 Å². The normalized spacial score (nSPS) is 10.5. The van der Waals surface area contributed by atoms with Crippen LogP contribution in [0.4, 0.5) is 0 Å². The number of aromatic nitrogens is 3. The monoisotopic (exact) mass is 459 g/mol. The Morgan fingerprint density at radius 3 is 2.06 bits per heavy atom. The van der Waals surface area contributed by atoms with Crippen molar-refractivity contribution in [3.63, 3.8) is 0 Å². The van der Waals surface area contributed by atoms with E-state index in [0.29, 0.717) is 39.3 Å². The third kappa shape index (κ3) is 4.97. The standard InChI is InChI=1S/C21H21N3O5S2/c1-5-13-12(18-23-14(10-30-18)20(25)28-7-3)9-16(27-6-2)17(22-13)19-24-15(11-31-19)21(26)29-8-4/h5,9-11H,1,6-8H2,2-4H3. The van der Waals surface area contributed by atoms with Crippen LogP contribution in [0.5, 0.6) is 5.75 Å². The van der Waals surface area contributed by atoms with Crippen LogP contribution in [0.3, 0.4) is 0 Å². The molecule has 3 rings (SSSR count). The average molecular weight is 460 g/mol. The number of hydrogen-bond donors (Lipinski definition) is 0. The Kier molecular flexibility index (Phi) is 7.48. The Balaban J connectivity index is 2.05. The first-order valence-electron chi connectivity index (χ1n) is 9.58. The van der Waals surface area contributed by atoms with Crippen LogP contribution in [0.1, 0.15) is 47.4 Å². The summed E-state index contributed by atoms with van der Waals surface area (Å²) in [5.41, 5.74) is 2.16. The molecule has 3 aromatic rings. The zero-order valence-corrected chi connectivity index (χ0v) is 19.0. The number of carbonyl (C=O) groups is 2. The van der Waals surface area contributed by atoms with E-state index in [1.54, 1.807) is 36.7 Å². The van der Waals surface area contributed by atoms with Gasteiger partial charge in [-0.15, -0.1) is 22.7 Å². The van der Waals surface area contributed by atoms with Crippen LogP contribution in [0, 0.1) is 0 Å². The third-order valence-electron chi connectivity index (χ3n) is 3.92. The predicted octanol–water partition coefficient (Wildman–Crippen LogP) is 4.72. The van der Waals surface area contributed by atoms with Gasteiger partial charge in [-0.25, -0.2) is 24.5 Å². The average Bonchev–Trinajstić information content (AvgIpc) is 3.44. The minimum atomic E-state index is -0.488. The van der Waals surface area contributed by atoms with E-state index in [9.17, 15) is 9.59 Å². The quantitative estimate of drug-likeness (QED) is 0.424. The Labute approximate surface area is 187 Å². The van der Waals surface area contributed by atoms with Crippen LogP contribution in [-0.2, 0) is 9.47 Å². The van der Waals surface area contributed by atoms with Gasteiger partial charge in [0.25, 0.3) is 0 Å². The van der Waals surface area contributed by atoms with E-state index in [4.69, 9.17) is 14.2 Å². The van der Waals surface area contributed by atoms with E-state index >= 15 is 0 Å². The summed E-state index contributed by atoms with van der Waals surface area (Å²) in [6, 6.07) is 1.79. The summed E-state index contributed by atoms with van der Waals surface area (Å²) < 4.78 is 15.8. The fourth-order valence-electron chi connectivity index (χ4n) is 2.63. The summed E-state index contributed by atoms with van der Waals surface area (Å²) in [6.45, 7) is 10.1. The predicted molar refractivity (Wildman–Crippen MR) is 120 cm³/mol. The summed E-state index contributed by atoms with van der Waals surface area (Å²) in [6.07, 6.45) is 1.60. The summed E-state index contributed by atoms with van der Waals surface area (Å²) >= 11 is 2.57. The lowest BCUT2D eigenvalue weighted by molar-refractivity contribution is 0.0511. The highest BCUT2D eigenvalue weighted by atomic mass is 32.1. The molecule has 0 bridgehead atoms. The maximum absolute atomic E-state index is 12.0. The molecule has 0 atom stereocenters. The van der Waals surface area contributed by atoms with E-state index in [-0.39, 0.29) is 24.6 Å². The summed E-state index contributed by atoms with van der Waals surface area (Å²) in [7, 11) is 0. The largest absolute Gasteiger partial charge is 0.491 e. The summed E-state index contributed by atoms with van der Waals surface area (Å²) in [5, 5.41) is 4.37. The molecule has 162 valence electrons. The van der Waals surface area contributed by atoms with Gasteiger partial charge >= 0.3 is 11.9 Å². The molecule has 3 heterocycles. The molecule has 0 aliphatic heterocycles. The molecule has 0 N–H and O–H groups in total. The summed E-state index contributed by atoms with van der Waals surface area (Å²) in [4.78, 5) is 37.4. The van der Waals surface area contributed by atoms with Crippen molar-refractivity contribution < 1.29 is 23.8 Å². The SMILES string of the molecule is C=Cc1nc(-c2nc(C(=O)OCC)cs2)c(OCC)cc1-c1nc(C(=O)OCC)cs1. The van der Waals surface area contributed by atoms with Crippen molar-refractivity contribution in [2.24, 2.45) is 0 Å². The Morgan fingerprint density at radius 2 is 1.52 bits per heavy atom. The zero-order chi connectivity index (χ0) is 22.4. The van der Waals surface area contributed by atoms with E-state index in [2.05, 4.69) is 21.5 Å². The van der Waals surface area contributed by atoms with Gasteiger partial charge < -0.3 is 14.2 Å². The van der Waals surface area contributed by atoms with Crippen molar-refractivity contribution in [2.45, 2.75) is 20.8 Å². The highest BCUT2D eigenvalue weighted by Crippen LogP contribution is 2.37. The van der Waals surface area contributed by atoms with Crippen LogP contribution < -0.4 is 4.74 Å². The van der Waals surface area contributed by atoms with E-state index < -0.39 is 11.9 Å². The molecule has 0 amide bonds. The zero-order valence-electron chi connectivity index (χ0n) is 17.3. The minimum absolute atomic E-state index is 0.217. The fraction of sp³-hybridized carbons (Fsp3) is 0.286. The molecule has 0 aliphatic carbocycles. The molecule has 0 saturated carbocycles. The number of nitrogens with zero attached hydrogens (tertiary/aromatic N) is 3. The van der Waals surface area contributed by atoms with Crippen molar-refractivity contribution in [1.82, 2.24) is 15.0 Å². The molecule has 0 saturated heterocycles. The number of esters is 2.